The predicted octanol–water partition coefficient (Wildman–Crippen LogP) is 4.03. The van der Waals surface area contributed by atoms with Crippen molar-refractivity contribution in [3.05, 3.63) is 71.3 Å². The number of hydrogen-bond acceptors (Lipinski definition) is 3. The summed E-state index contributed by atoms with van der Waals surface area (Å²) in [5.41, 5.74) is 3.30. The third kappa shape index (κ3) is 5.11. The molecular formula is C20H23NO2S. The second-order valence-electron chi connectivity index (χ2n) is 6.02. The van der Waals surface area contributed by atoms with E-state index in [0.29, 0.717) is 12.1 Å². The number of thioether (sulfide) groups is 1. The standard InChI is InChI=1S/C20H23NO2S/c22-20(21-13-19-7-4-12-23-19)18-10-8-17(9-11-18)15-24-14-16-5-2-1-3-6-16/h1-3,5-6,8-11,19H,4,7,12-15H2,(H,21,22)/t19-/m1/s1. The molecule has 3 nitrogen and oxygen atoms in total. The van der Waals surface area contributed by atoms with Gasteiger partial charge in [-0.15, -0.1) is 0 Å². The van der Waals surface area contributed by atoms with Crippen molar-refractivity contribution in [3.63, 3.8) is 0 Å². The Morgan fingerprint density at radius 2 is 1.75 bits per heavy atom. The highest BCUT2D eigenvalue weighted by Gasteiger charge is 2.16. The van der Waals surface area contributed by atoms with Gasteiger partial charge in [-0.3, -0.25) is 4.79 Å². The number of ether oxygens (including phenoxy) is 1. The van der Waals surface area contributed by atoms with Crippen LogP contribution in [0.4, 0.5) is 0 Å². The van der Waals surface area contributed by atoms with Crippen LogP contribution in [0.5, 0.6) is 0 Å². The van der Waals surface area contributed by atoms with E-state index < -0.39 is 0 Å². The average molecular weight is 341 g/mol. The Bertz CT molecular complexity index is 636. The molecular weight excluding hydrogens is 318 g/mol. The van der Waals surface area contributed by atoms with Crippen molar-refractivity contribution >= 4 is 17.7 Å². The van der Waals surface area contributed by atoms with Gasteiger partial charge in [0.05, 0.1) is 6.10 Å². The number of carbonyl (C=O) groups is 1. The van der Waals surface area contributed by atoms with Crippen LogP contribution >= 0.6 is 11.8 Å². The fourth-order valence-corrected chi connectivity index (χ4v) is 3.69. The molecule has 1 atom stereocenters. The molecule has 1 fully saturated rings. The van der Waals surface area contributed by atoms with Crippen molar-refractivity contribution in [2.75, 3.05) is 13.2 Å². The second-order valence-corrected chi connectivity index (χ2v) is 7.01. The number of carbonyl (C=O) groups excluding carboxylic acids is 1. The zero-order valence-corrected chi connectivity index (χ0v) is 14.6. The molecule has 0 unspecified atom stereocenters. The van der Waals surface area contributed by atoms with Gasteiger partial charge in [0, 0.05) is 30.2 Å². The van der Waals surface area contributed by atoms with E-state index in [1.54, 1.807) is 0 Å². The first-order valence-electron chi connectivity index (χ1n) is 8.42. The zero-order valence-electron chi connectivity index (χ0n) is 13.7. The Morgan fingerprint density at radius 3 is 2.42 bits per heavy atom. The smallest absolute Gasteiger partial charge is 0.251 e. The summed E-state index contributed by atoms with van der Waals surface area (Å²) in [6.07, 6.45) is 2.32. The fourth-order valence-electron chi connectivity index (χ4n) is 2.73. The minimum absolute atomic E-state index is 0.0195. The normalized spacial score (nSPS) is 16.9. The minimum atomic E-state index is -0.0195. The molecule has 1 amide bonds. The van der Waals surface area contributed by atoms with Crippen LogP contribution in [0, 0.1) is 0 Å². The summed E-state index contributed by atoms with van der Waals surface area (Å²) in [6, 6.07) is 18.4. The number of nitrogens with one attached hydrogen (secondary N) is 1. The number of hydrogen-bond donors (Lipinski definition) is 1. The Morgan fingerprint density at radius 1 is 1.04 bits per heavy atom. The van der Waals surface area contributed by atoms with Crippen molar-refractivity contribution in [3.8, 4) is 0 Å². The maximum absolute atomic E-state index is 12.1. The fraction of sp³-hybridized carbons (Fsp3) is 0.350. The molecule has 4 heteroatoms. The summed E-state index contributed by atoms with van der Waals surface area (Å²) < 4.78 is 5.52. The van der Waals surface area contributed by atoms with Gasteiger partial charge in [-0.25, -0.2) is 0 Å². The molecule has 1 aliphatic heterocycles. The van der Waals surface area contributed by atoms with Crippen molar-refractivity contribution in [2.45, 2.75) is 30.5 Å². The van der Waals surface area contributed by atoms with E-state index in [0.717, 1.165) is 31.0 Å². The summed E-state index contributed by atoms with van der Waals surface area (Å²) in [4.78, 5) is 12.1. The molecule has 1 aliphatic rings. The van der Waals surface area contributed by atoms with Gasteiger partial charge in [-0.2, -0.15) is 11.8 Å². The van der Waals surface area contributed by atoms with E-state index in [9.17, 15) is 4.79 Å². The van der Waals surface area contributed by atoms with Crippen molar-refractivity contribution in [1.82, 2.24) is 5.32 Å². The van der Waals surface area contributed by atoms with Gasteiger partial charge < -0.3 is 10.1 Å². The Kier molecular flexibility index (Phi) is 6.33. The summed E-state index contributed by atoms with van der Waals surface area (Å²) in [5.74, 6) is 1.94. The van der Waals surface area contributed by atoms with Crippen molar-refractivity contribution < 1.29 is 9.53 Å². The van der Waals surface area contributed by atoms with Crippen molar-refractivity contribution in [1.29, 1.82) is 0 Å². The molecule has 1 heterocycles. The monoisotopic (exact) mass is 341 g/mol. The molecule has 2 aromatic rings. The summed E-state index contributed by atoms with van der Waals surface area (Å²) >= 11 is 1.88. The zero-order chi connectivity index (χ0) is 16.6. The molecule has 1 saturated heterocycles. The van der Waals surface area contributed by atoms with E-state index >= 15 is 0 Å². The lowest BCUT2D eigenvalue weighted by Gasteiger charge is -2.11. The first-order chi connectivity index (χ1) is 11.8. The molecule has 2 aromatic carbocycles. The van der Waals surface area contributed by atoms with Crippen LogP contribution in [-0.4, -0.2) is 25.2 Å². The highest BCUT2D eigenvalue weighted by Crippen LogP contribution is 2.18. The van der Waals surface area contributed by atoms with Gasteiger partial charge in [0.1, 0.15) is 0 Å². The van der Waals surface area contributed by atoms with Crippen LogP contribution in [-0.2, 0) is 16.2 Å². The predicted molar refractivity (Wildman–Crippen MR) is 99.2 cm³/mol. The first kappa shape index (κ1) is 17.1. The number of benzene rings is 2. The summed E-state index contributed by atoms with van der Waals surface area (Å²) in [5, 5.41) is 2.96. The minimum Gasteiger partial charge on any atom is -0.376 e. The average Bonchev–Trinajstić information content (AvgIpc) is 3.15. The van der Waals surface area contributed by atoms with Crippen LogP contribution in [0.3, 0.4) is 0 Å². The van der Waals surface area contributed by atoms with Crippen LogP contribution in [0.2, 0.25) is 0 Å². The van der Waals surface area contributed by atoms with Gasteiger partial charge in [0.2, 0.25) is 0 Å². The number of rotatable bonds is 7. The van der Waals surface area contributed by atoms with E-state index in [4.69, 9.17) is 4.74 Å². The third-order valence-corrected chi connectivity index (χ3v) is 5.19. The van der Waals surface area contributed by atoms with Gasteiger partial charge in [-0.1, -0.05) is 42.5 Å². The first-order valence-corrected chi connectivity index (χ1v) is 9.57. The molecule has 0 bridgehead atoms. The maximum atomic E-state index is 12.1. The lowest BCUT2D eigenvalue weighted by atomic mass is 10.1. The molecule has 126 valence electrons. The van der Waals surface area contributed by atoms with Crippen LogP contribution in [0.1, 0.15) is 34.3 Å². The molecule has 0 spiro atoms. The summed E-state index contributed by atoms with van der Waals surface area (Å²) in [7, 11) is 0. The maximum Gasteiger partial charge on any atom is 0.251 e. The Labute approximate surface area is 147 Å². The third-order valence-electron chi connectivity index (χ3n) is 4.11. The quantitative estimate of drug-likeness (QED) is 0.826. The van der Waals surface area contributed by atoms with Crippen molar-refractivity contribution in [2.24, 2.45) is 0 Å². The lowest BCUT2D eigenvalue weighted by Crippen LogP contribution is -2.31. The van der Waals surface area contributed by atoms with Crippen LogP contribution in [0.15, 0.2) is 54.6 Å². The van der Waals surface area contributed by atoms with E-state index in [1.165, 1.54) is 11.1 Å². The molecule has 1 N–H and O–H groups in total. The number of amides is 1. The Hall–Kier alpha value is -1.78. The van der Waals surface area contributed by atoms with E-state index in [2.05, 4.69) is 29.6 Å². The molecule has 0 saturated carbocycles. The Balaban J connectivity index is 1.43. The largest absolute Gasteiger partial charge is 0.376 e. The highest BCUT2D eigenvalue weighted by atomic mass is 32.2. The second kappa shape index (κ2) is 8.90. The van der Waals surface area contributed by atoms with Gasteiger partial charge >= 0.3 is 0 Å². The summed E-state index contributed by atoms with van der Waals surface area (Å²) in [6.45, 7) is 1.42. The molecule has 0 radical (unpaired) electrons. The van der Waals surface area contributed by atoms with E-state index in [1.807, 2.05) is 42.1 Å². The van der Waals surface area contributed by atoms with Crippen LogP contribution in [0.25, 0.3) is 0 Å². The van der Waals surface area contributed by atoms with Gasteiger partial charge in [0.15, 0.2) is 0 Å². The molecule has 3 rings (SSSR count). The lowest BCUT2D eigenvalue weighted by molar-refractivity contribution is 0.0858. The molecule has 0 aliphatic carbocycles. The topological polar surface area (TPSA) is 38.3 Å². The van der Waals surface area contributed by atoms with Gasteiger partial charge in [-0.05, 0) is 36.1 Å². The van der Waals surface area contributed by atoms with Crippen LogP contribution < -0.4 is 5.32 Å². The van der Waals surface area contributed by atoms with E-state index in [-0.39, 0.29) is 12.0 Å². The van der Waals surface area contributed by atoms with Gasteiger partial charge in [0.25, 0.3) is 5.91 Å². The highest BCUT2D eigenvalue weighted by molar-refractivity contribution is 7.97. The SMILES string of the molecule is O=C(NC[C@H]1CCCO1)c1ccc(CSCc2ccccc2)cc1. The molecule has 0 aromatic heterocycles. The molecule has 24 heavy (non-hydrogen) atoms.